The van der Waals surface area contributed by atoms with E-state index in [2.05, 4.69) is 46.5 Å². The molecule has 1 saturated carbocycles. The largest absolute Gasteiger partial charge is 0.345 e. The van der Waals surface area contributed by atoms with Gasteiger partial charge in [0.15, 0.2) is 0 Å². The number of aromatic nitrogens is 4. The predicted molar refractivity (Wildman–Crippen MR) is 118 cm³/mol. The van der Waals surface area contributed by atoms with E-state index in [1.807, 2.05) is 6.92 Å². The van der Waals surface area contributed by atoms with Crippen LogP contribution in [0.25, 0.3) is 5.95 Å². The number of hydrogen-bond acceptors (Lipinski definition) is 5. The average Bonchev–Trinajstić information content (AvgIpc) is 3.00. The molecule has 2 atom stereocenters. The highest BCUT2D eigenvalue weighted by atomic mass is 16.2. The summed E-state index contributed by atoms with van der Waals surface area (Å²) >= 11 is 0. The lowest BCUT2D eigenvalue weighted by Gasteiger charge is -2.39. The van der Waals surface area contributed by atoms with E-state index in [1.165, 1.54) is 10.7 Å². The lowest BCUT2D eigenvalue weighted by Crippen LogP contribution is -2.46. The Kier molecular flexibility index (Phi) is 6.62. The number of amides is 2. The third-order valence-electron chi connectivity index (χ3n) is 5.49. The van der Waals surface area contributed by atoms with E-state index in [1.54, 1.807) is 13.0 Å². The van der Waals surface area contributed by atoms with Crippen LogP contribution in [-0.2, 0) is 16.0 Å². The lowest BCUT2D eigenvalue weighted by atomic mass is 9.70. The Morgan fingerprint density at radius 2 is 2.00 bits per heavy atom. The first-order chi connectivity index (χ1) is 14.6. The maximum absolute atomic E-state index is 12.6. The van der Waals surface area contributed by atoms with Crippen LogP contribution in [0.5, 0.6) is 0 Å². The molecule has 0 radical (unpaired) electrons. The molecule has 2 aromatic heterocycles. The second-order valence-electron chi connectivity index (χ2n) is 9.43. The zero-order valence-corrected chi connectivity index (χ0v) is 18.9. The standard InChI is InChI=1S/C22H32N6O3/c1-6-7-15-10-18(29)26-21(24-15)28-17(9-14(3)27-28)25-20(31)19(30)23-16-8-13(2)11-22(4,5)12-16/h9-10,13,16H,6-8,11-12H2,1-5H3,(H,23,30)(H,25,31)(H,24,26,29). The summed E-state index contributed by atoms with van der Waals surface area (Å²) in [5.41, 5.74) is 1.08. The fourth-order valence-corrected chi connectivity index (χ4v) is 4.61. The van der Waals surface area contributed by atoms with Gasteiger partial charge in [-0.1, -0.05) is 34.1 Å². The van der Waals surface area contributed by atoms with Gasteiger partial charge in [0, 0.05) is 23.9 Å². The molecule has 2 aromatic rings. The third-order valence-corrected chi connectivity index (χ3v) is 5.49. The summed E-state index contributed by atoms with van der Waals surface area (Å²) in [4.78, 5) is 44.2. The van der Waals surface area contributed by atoms with Gasteiger partial charge in [-0.25, -0.2) is 4.98 Å². The van der Waals surface area contributed by atoms with Crippen molar-refractivity contribution in [2.45, 2.75) is 72.8 Å². The van der Waals surface area contributed by atoms with Crippen LogP contribution in [0.1, 0.15) is 64.8 Å². The summed E-state index contributed by atoms with van der Waals surface area (Å²) in [7, 11) is 0. The number of H-pyrrole nitrogens is 1. The Morgan fingerprint density at radius 1 is 1.26 bits per heavy atom. The Labute approximate surface area is 182 Å². The minimum absolute atomic E-state index is 0.0348. The fraction of sp³-hybridized carbons (Fsp3) is 0.591. The van der Waals surface area contributed by atoms with Crippen molar-refractivity contribution in [3.63, 3.8) is 0 Å². The monoisotopic (exact) mass is 428 g/mol. The number of anilines is 1. The predicted octanol–water partition coefficient (Wildman–Crippen LogP) is 2.49. The molecule has 2 unspecified atom stereocenters. The van der Waals surface area contributed by atoms with Crippen molar-refractivity contribution in [2.24, 2.45) is 11.3 Å². The molecule has 1 aliphatic carbocycles. The molecule has 168 valence electrons. The quantitative estimate of drug-likeness (QED) is 0.632. The molecule has 1 aliphatic rings. The van der Waals surface area contributed by atoms with E-state index in [9.17, 15) is 14.4 Å². The van der Waals surface area contributed by atoms with Gasteiger partial charge in [0.05, 0.1) is 5.69 Å². The van der Waals surface area contributed by atoms with E-state index < -0.39 is 11.8 Å². The SMILES string of the molecule is CCCc1cc(=O)[nH]c(-n2nc(C)cc2NC(=O)C(=O)NC2CC(C)CC(C)(C)C2)n1. The van der Waals surface area contributed by atoms with Crippen molar-refractivity contribution < 1.29 is 9.59 Å². The smallest absolute Gasteiger partial charge is 0.314 e. The Hall–Kier alpha value is -2.97. The van der Waals surface area contributed by atoms with Gasteiger partial charge in [0.2, 0.25) is 5.95 Å². The maximum Gasteiger partial charge on any atom is 0.314 e. The second-order valence-corrected chi connectivity index (χ2v) is 9.43. The summed E-state index contributed by atoms with van der Waals surface area (Å²) in [5, 5.41) is 9.80. The number of nitrogens with one attached hydrogen (secondary N) is 3. The maximum atomic E-state index is 12.6. The zero-order chi connectivity index (χ0) is 22.8. The molecular weight excluding hydrogens is 396 g/mol. The minimum atomic E-state index is -0.774. The highest BCUT2D eigenvalue weighted by Gasteiger charge is 2.33. The molecule has 0 bridgehead atoms. The molecule has 3 N–H and O–H groups in total. The molecule has 0 saturated heterocycles. The van der Waals surface area contributed by atoms with E-state index >= 15 is 0 Å². The number of aryl methyl sites for hydroxylation is 2. The second kappa shape index (κ2) is 9.03. The highest BCUT2D eigenvalue weighted by Crippen LogP contribution is 2.38. The molecule has 9 nitrogen and oxygen atoms in total. The van der Waals surface area contributed by atoms with Gasteiger partial charge in [-0.3, -0.25) is 19.4 Å². The first kappa shape index (κ1) is 22.7. The van der Waals surface area contributed by atoms with Crippen LogP contribution in [0, 0.1) is 18.3 Å². The number of rotatable bonds is 5. The van der Waals surface area contributed by atoms with Crippen molar-refractivity contribution >= 4 is 17.6 Å². The highest BCUT2D eigenvalue weighted by molar-refractivity contribution is 6.39. The first-order valence-corrected chi connectivity index (χ1v) is 10.9. The van der Waals surface area contributed by atoms with Gasteiger partial charge >= 0.3 is 11.8 Å². The van der Waals surface area contributed by atoms with E-state index in [0.29, 0.717) is 23.7 Å². The van der Waals surface area contributed by atoms with Gasteiger partial charge in [-0.15, -0.1) is 0 Å². The normalized spacial score (nSPS) is 20.3. The summed E-state index contributed by atoms with van der Waals surface area (Å²) in [6, 6.07) is 3.04. The topological polar surface area (TPSA) is 122 Å². The Balaban J connectivity index is 1.75. The van der Waals surface area contributed by atoms with Crippen LogP contribution in [-0.4, -0.2) is 37.6 Å². The van der Waals surface area contributed by atoms with Crippen molar-refractivity contribution in [1.29, 1.82) is 0 Å². The Morgan fingerprint density at radius 3 is 2.68 bits per heavy atom. The molecule has 2 heterocycles. The van der Waals surface area contributed by atoms with E-state index in [4.69, 9.17) is 0 Å². The molecule has 1 fully saturated rings. The number of carbonyl (C=O) groups is 2. The molecule has 2 amide bonds. The summed E-state index contributed by atoms with van der Waals surface area (Å²) in [5.74, 6) is -0.500. The summed E-state index contributed by atoms with van der Waals surface area (Å²) in [6.07, 6.45) is 4.29. The van der Waals surface area contributed by atoms with Crippen LogP contribution in [0.15, 0.2) is 16.9 Å². The van der Waals surface area contributed by atoms with Crippen molar-refractivity contribution in [3.8, 4) is 5.95 Å². The van der Waals surface area contributed by atoms with Gasteiger partial charge in [-0.05, 0) is 43.9 Å². The zero-order valence-electron chi connectivity index (χ0n) is 18.9. The molecule has 0 aliphatic heterocycles. The lowest BCUT2D eigenvalue weighted by molar-refractivity contribution is -0.137. The van der Waals surface area contributed by atoms with Crippen LogP contribution < -0.4 is 16.2 Å². The Bertz CT molecular complexity index is 1020. The number of hydrogen-bond donors (Lipinski definition) is 3. The summed E-state index contributed by atoms with van der Waals surface area (Å²) < 4.78 is 1.34. The van der Waals surface area contributed by atoms with Crippen molar-refractivity contribution in [2.75, 3.05) is 5.32 Å². The van der Waals surface area contributed by atoms with E-state index in [-0.39, 0.29) is 28.8 Å². The molecule has 0 aromatic carbocycles. The van der Waals surface area contributed by atoms with Gasteiger partial charge < -0.3 is 10.6 Å². The van der Waals surface area contributed by atoms with Crippen LogP contribution in [0.4, 0.5) is 5.82 Å². The van der Waals surface area contributed by atoms with Gasteiger partial charge in [-0.2, -0.15) is 9.78 Å². The first-order valence-electron chi connectivity index (χ1n) is 10.9. The van der Waals surface area contributed by atoms with Crippen LogP contribution in [0.3, 0.4) is 0 Å². The number of aromatic amines is 1. The fourth-order valence-electron chi connectivity index (χ4n) is 4.61. The van der Waals surface area contributed by atoms with Gasteiger partial charge in [0.1, 0.15) is 5.82 Å². The number of nitrogens with zero attached hydrogens (tertiary/aromatic N) is 3. The average molecular weight is 429 g/mol. The van der Waals surface area contributed by atoms with Crippen molar-refractivity contribution in [3.05, 3.63) is 33.9 Å². The molecule has 0 spiro atoms. The van der Waals surface area contributed by atoms with Gasteiger partial charge in [0.25, 0.3) is 5.56 Å². The van der Waals surface area contributed by atoms with Crippen LogP contribution >= 0.6 is 0 Å². The molecule has 31 heavy (non-hydrogen) atoms. The molecule has 3 rings (SSSR count). The molecular formula is C22H32N6O3. The summed E-state index contributed by atoms with van der Waals surface area (Å²) in [6.45, 7) is 10.3. The van der Waals surface area contributed by atoms with E-state index in [0.717, 1.165) is 25.7 Å². The third kappa shape index (κ3) is 5.80. The number of carbonyl (C=O) groups excluding carboxylic acids is 2. The molecule has 9 heteroatoms. The minimum Gasteiger partial charge on any atom is -0.345 e. The van der Waals surface area contributed by atoms with Crippen LogP contribution in [0.2, 0.25) is 0 Å². The van der Waals surface area contributed by atoms with Crippen molar-refractivity contribution in [1.82, 2.24) is 25.1 Å².